The molecular weight excluding hydrogens is 194 g/mol. The van der Waals surface area contributed by atoms with Gasteiger partial charge in [-0.1, -0.05) is 0 Å². The van der Waals surface area contributed by atoms with E-state index in [0.29, 0.717) is 11.1 Å². The first-order valence-electron chi connectivity index (χ1n) is 4.52. The van der Waals surface area contributed by atoms with Crippen LogP contribution in [0.5, 0.6) is 0 Å². The summed E-state index contributed by atoms with van der Waals surface area (Å²) in [5.74, 6) is -1.11. The van der Waals surface area contributed by atoms with E-state index in [1.54, 1.807) is 12.1 Å². The number of nitrogens with zero attached hydrogens (tertiary/aromatic N) is 1. The molecule has 1 aromatic heterocycles. The van der Waals surface area contributed by atoms with E-state index in [4.69, 9.17) is 0 Å². The van der Waals surface area contributed by atoms with Gasteiger partial charge >= 0.3 is 11.9 Å². The molecule has 0 unspecified atom stereocenters. The Kier molecular flexibility index (Phi) is 1.36. The summed E-state index contributed by atoms with van der Waals surface area (Å²) in [6, 6.07) is 5.28. The molecule has 74 valence electrons. The van der Waals surface area contributed by atoms with Crippen LogP contribution in [0.25, 0.3) is 10.9 Å². The first kappa shape index (κ1) is 8.23. The molecule has 0 atom stereocenters. The number of hydrogen-bond acceptors (Lipinski definition) is 3. The van der Waals surface area contributed by atoms with Crippen LogP contribution in [0.15, 0.2) is 24.4 Å². The lowest BCUT2D eigenvalue weighted by Crippen LogP contribution is -1.96. The van der Waals surface area contributed by atoms with Crippen molar-refractivity contribution in [1.29, 1.82) is 0 Å². The lowest BCUT2D eigenvalue weighted by Gasteiger charge is -1.97. The predicted molar refractivity (Wildman–Crippen MR) is 52.7 cm³/mol. The van der Waals surface area contributed by atoms with Crippen LogP contribution < -0.4 is 0 Å². The molecule has 0 fully saturated rings. The van der Waals surface area contributed by atoms with E-state index in [1.165, 1.54) is 0 Å². The topological polar surface area (TPSA) is 48.3 Å². The number of ether oxygens (including phenoxy) is 1. The maximum atomic E-state index is 11.3. The molecule has 4 nitrogen and oxygen atoms in total. The van der Waals surface area contributed by atoms with Crippen molar-refractivity contribution in [3.05, 3.63) is 35.5 Å². The summed E-state index contributed by atoms with van der Waals surface area (Å²) >= 11 is 0. The number of fused-ring (bicyclic) bond motifs is 2. The Labute approximate surface area is 85.1 Å². The van der Waals surface area contributed by atoms with E-state index >= 15 is 0 Å². The summed E-state index contributed by atoms with van der Waals surface area (Å²) < 4.78 is 6.42. The first-order chi connectivity index (χ1) is 7.16. The summed E-state index contributed by atoms with van der Waals surface area (Å²) in [6.45, 7) is 0. The molecule has 2 aromatic rings. The third-order valence-electron chi connectivity index (χ3n) is 2.65. The molecule has 0 aliphatic carbocycles. The minimum atomic E-state index is -0.557. The van der Waals surface area contributed by atoms with Crippen molar-refractivity contribution in [3.63, 3.8) is 0 Å². The third kappa shape index (κ3) is 0.958. The van der Waals surface area contributed by atoms with Gasteiger partial charge in [0, 0.05) is 24.1 Å². The average molecular weight is 201 g/mol. The van der Waals surface area contributed by atoms with Crippen LogP contribution >= 0.6 is 0 Å². The van der Waals surface area contributed by atoms with Crippen molar-refractivity contribution >= 4 is 22.8 Å². The number of rotatable bonds is 0. The van der Waals surface area contributed by atoms with Crippen LogP contribution in [0.1, 0.15) is 20.7 Å². The molecule has 1 aliphatic rings. The van der Waals surface area contributed by atoms with Gasteiger partial charge in [0.25, 0.3) is 0 Å². The highest BCUT2D eigenvalue weighted by Crippen LogP contribution is 2.26. The minimum Gasteiger partial charge on any atom is -0.386 e. The van der Waals surface area contributed by atoms with Crippen molar-refractivity contribution in [2.75, 3.05) is 0 Å². The van der Waals surface area contributed by atoms with Crippen molar-refractivity contribution in [3.8, 4) is 0 Å². The molecule has 0 saturated heterocycles. The normalized spacial score (nSPS) is 14.5. The van der Waals surface area contributed by atoms with Crippen molar-refractivity contribution in [2.24, 2.45) is 7.05 Å². The second kappa shape index (κ2) is 2.48. The lowest BCUT2D eigenvalue weighted by atomic mass is 10.1. The molecule has 0 radical (unpaired) electrons. The van der Waals surface area contributed by atoms with Gasteiger partial charge in [0.1, 0.15) is 0 Å². The van der Waals surface area contributed by atoms with Gasteiger partial charge in [-0.25, -0.2) is 9.59 Å². The highest BCUT2D eigenvalue weighted by molar-refractivity contribution is 6.16. The van der Waals surface area contributed by atoms with E-state index < -0.39 is 11.9 Å². The second-order valence-electron chi connectivity index (χ2n) is 3.56. The van der Waals surface area contributed by atoms with Gasteiger partial charge < -0.3 is 9.30 Å². The summed E-state index contributed by atoms with van der Waals surface area (Å²) in [4.78, 5) is 22.6. The van der Waals surface area contributed by atoms with Gasteiger partial charge in [-0.15, -0.1) is 0 Å². The van der Waals surface area contributed by atoms with E-state index in [1.807, 2.05) is 23.9 Å². The fraction of sp³-hybridized carbons (Fsp3) is 0.0909. The van der Waals surface area contributed by atoms with Crippen LogP contribution in [0.2, 0.25) is 0 Å². The molecular formula is C11H7NO3. The van der Waals surface area contributed by atoms with Gasteiger partial charge in [0.05, 0.1) is 11.1 Å². The molecule has 0 N–H and O–H groups in total. The van der Waals surface area contributed by atoms with Crippen LogP contribution in [0.4, 0.5) is 0 Å². The van der Waals surface area contributed by atoms with E-state index in [9.17, 15) is 9.59 Å². The number of hydrogen-bond donors (Lipinski definition) is 0. The zero-order valence-electron chi connectivity index (χ0n) is 7.98. The molecule has 0 saturated carbocycles. The number of aromatic nitrogens is 1. The number of esters is 2. The molecule has 15 heavy (non-hydrogen) atoms. The number of carbonyl (C=O) groups is 2. The van der Waals surface area contributed by atoms with Gasteiger partial charge in [0.2, 0.25) is 0 Å². The maximum absolute atomic E-state index is 11.3. The van der Waals surface area contributed by atoms with Crippen LogP contribution in [-0.2, 0) is 11.8 Å². The Bertz CT molecular complexity index is 610. The number of cyclic esters (lactones) is 2. The highest BCUT2D eigenvalue weighted by Gasteiger charge is 2.30. The smallest absolute Gasteiger partial charge is 0.346 e. The van der Waals surface area contributed by atoms with Crippen LogP contribution in [-0.4, -0.2) is 16.5 Å². The van der Waals surface area contributed by atoms with Crippen LogP contribution in [0.3, 0.4) is 0 Å². The lowest BCUT2D eigenvalue weighted by molar-refractivity contribution is 0.0444. The van der Waals surface area contributed by atoms with Crippen molar-refractivity contribution < 1.29 is 14.3 Å². The molecule has 1 aromatic carbocycles. The second-order valence-corrected chi connectivity index (χ2v) is 3.56. The van der Waals surface area contributed by atoms with Crippen molar-refractivity contribution in [2.45, 2.75) is 0 Å². The Morgan fingerprint density at radius 3 is 2.53 bits per heavy atom. The number of aryl methyl sites for hydroxylation is 1. The third-order valence-corrected chi connectivity index (χ3v) is 2.65. The molecule has 1 aliphatic heterocycles. The Hall–Kier alpha value is -2.10. The molecule has 3 rings (SSSR count). The van der Waals surface area contributed by atoms with Crippen LogP contribution in [0, 0.1) is 0 Å². The Morgan fingerprint density at radius 1 is 1.13 bits per heavy atom. The summed E-state index contributed by atoms with van der Waals surface area (Å²) in [5.41, 5.74) is 1.63. The predicted octanol–water partition coefficient (Wildman–Crippen LogP) is 1.49. The fourth-order valence-corrected chi connectivity index (χ4v) is 1.85. The largest absolute Gasteiger partial charge is 0.386 e. The average Bonchev–Trinajstić information content (AvgIpc) is 2.70. The van der Waals surface area contributed by atoms with E-state index in [0.717, 1.165) is 10.9 Å². The fourth-order valence-electron chi connectivity index (χ4n) is 1.85. The van der Waals surface area contributed by atoms with Gasteiger partial charge in [-0.2, -0.15) is 0 Å². The van der Waals surface area contributed by atoms with Crippen molar-refractivity contribution in [1.82, 2.24) is 4.57 Å². The SMILES string of the molecule is Cn1ccc2cc3c(cc21)C(=O)OC3=O. The number of carbonyl (C=O) groups excluding carboxylic acids is 2. The summed E-state index contributed by atoms with van der Waals surface area (Å²) in [6.07, 6.45) is 1.88. The maximum Gasteiger partial charge on any atom is 0.346 e. The number of benzene rings is 1. The van der Waals surface area contributed by atoms with E-state index in [-0.39, 0.29) is 0 Å². The molecule has 2 heterocycles. The zero-order chi connectivity index (χ0) is 10.6. The van der Waals surface area contributed by atoms with Gasteiger partial charge in [-0.05, 0) is 18.2 Å². The van der Waals surface area contributed by atoms with E-state index in [2.05, 4.69) is 4.74 Å². The quantitative estimate of drug-likeness (QED) is 0.479. The Balaban J connectivity index is 2.43. The zero-order valence-corrected chi connectivity index (χ0v) is 7.98. The molecule has 0 bridgehead atoms. The molecule has 4 heteroatoms. The van der Waals surface area contributed by atoms with Gasteiger partial charge in [-0.3, -0.25) is 0 Å². The monoisotopic (exact) mass is 201 g/mol. The molecule has 0 spiro atoms. The highest BCUT2D eigenvalue weighted by atomic mass is 16.6. The first-order valence-corrected chi connectivity index (χ1v) is 4.52. The standard InChI is InChI=1S/C11H7NO3/c1-12-3-2-6-4-7-8(5-9(6)12)11(14)15-10(7)13/h2-5H,1H3. The Morgan fingerprint density at radius 2 is 1.80 bits per heavy atom. The summed E-state index contributed by atoms with van der Waals surface area (Å²) in [7, 11) is 1.89. The summed E-state index contributed by atoms with van der Waals surface area (Å²) in [5, 5.41) is 0.933. The minimum absolute atomic E-state index is 0.356. The van der Waals surface area contributed by atoms with Gasteiger partial charge in [0.15, 0.2) is 0 Å². The molecule has 0 amide bonds.